The summed E-state index contributed by atoms with van der Waals surface area (Å²) in [5, 5.41) is 9.85. The van der Waals surface area contributed by atoms with Crippen LogP contribution in [0.4, 0.5) is 0 Å². The Labute approximate surface area is 390 Å². The molecule has 4 bridgehead atoms. The van der Waals surface area contributed by atoms with Crippen molar-refractivity contribution in [3.05, 3.63) is 69.7 Å². The molecule has 15 nitrogen and oxygen atoms in total. The van der Waals surface area contributed by atoms with Crippen molar-refractivity contribution in [1.82, 2.24) is 25.8 Å². The number of benzene rings is 2. The molecule has 2 aromatic carbocycles. The molecule has 6 saturated carbocycles. The average Bonchev–Trinajstić information content (AvgIpc) is 3.32. The Balaban J connectivity index is 1.00. The second-order valence-electron chi connectivity index (χ2n) is 18.5. The molecule has 0 aromatic heterocycles. The highest BCUT2D eigenvalue weighted by molar-refractivity contribution is 6.31. The third kappa shape index (κ3) is 11.5. The van der Waals surface area contributed by atoms with Gasteiger partial charge in [0.15, 0.2) is 0 Å². The van der Waals surface area contributed by atoms with Crippen molar-refractivity contribution in [2.24, 2.45) is 47.3 Å². The number of amides is 4. The van der Waals surface area contributed by atoms with Gasteiger partial charge in [-0.1, -0.05) is 23.2 Å². The van der Waals surface area contributed by atoms with Gasteiger partial charge in [0.25, 0.3) is 0 Å². The van der Waals surface area contributed by atoms with Gasteiger partial charge in [-0.25, -0.2) is 9.59 Å². The topological polar surface area (TPSA) is 182 Å². The molecule has 0 spiro atoms. The van der Waals surface area contributed by atoms with E-state index >= 15 is 0 Å². The van der Waals surface area contributed by atoms with Gasteiger partial charge in [-0.15, -0.1) is 0 Å². The van der Waals surface area contributed by atoms with Crippen molar-refractivity contribution >= 4 is 58.8 Å². The molecule has 6 aliphatic carbocycles. The summed E-state index contributed by atoms with van der Waals surface area (Å²) >= 11 is 12.2. The summed E-state index contributed by atoms with van der Waals surface area (Å²) in [6.07, 6.45) is 3.22. The van der Waals surface area contributed by atoms with Crippen LogP contribution in [0.2, 0.25) is 10.0 Å². The number of nitrogens with zero attached hydrogens (tertiary/aromatic N) is 2. The van der Waals surface area contributed by atoms with E-state index in [1.165, 1.54) is 0 Å². The monoisotopic (exact) mass is 937 g/mol. The first-order valence-corrected chi connectivity index (χ1v) is 24.2. The van der Waals surface area contributed by atoms with E-state index in [1.807, 2.05) is 0 Å². The van der Waals surface area contributed by atoms with E-state index in [0.717, 1.165) is 39.3 Å². The van der Waals surface area contributed by atoms with Crippen molar-refractivity contribution < 1.29 is 47.7 Å². The predicted octanol–water partition coefficient (Wildman–Crippen LogP) is 4.39. The summed E-state index contributed by atoms with van der Waals surface area (Å²) in [6.45, 7) is 8.45. The number of morpholine rings is 2. The van der Waals surface area contributed by atoms with Gasteiger partial charge < -0.3 is 29.6 Å². The molecule has 10 rings (SSSR count). The third-order valence-corrected chi connectivity index (χ3v) is 15.2. The van der Waals surface area contributed by atoms with Gasteiger partial charge in [-0.3, -0.25) is 34.3 Å². The van der Waals surface area contributed by atoms with E-state index < -0.39 is 71.5 Å². The molecular weight excluding hydrogens is 877 g/mol. The Morgan fingerprint density at radius 1 is 0.538 bits per heavy atom. The fraction of sp³-hybridized carbons (Fsp3) is 0.625. The number of halogens is 2. The van der Waals surface area contributed by atoms with Gasteiger partial charge in [0.05, 0.1) is 61.2 Å². The van der Waals surface area contributed by atoms with Crippen LogP contribution < -0.4 is 16.0 Å². The second-order valence-corrected chi connectivity index (χ2v) is 19.4. The summed E-state index contributed by atoms with van der Waals surface area (Å²) in [6, 6.07) is 12.7. The lowest BCUT2D eigenvalue weighted by atomic mass is 9.56. The first kappa shape index (κ1) is 47.4. The molecular formula is C48H61Cl2N5O10. The van der Waals surface area contributed by atoms with Gasteiger partial charge in [-0.2, -0.15) is 0 Å². The average molecular weight is 939 g/mol. The number of imide groups is 1. The van der Waals surface area contributed by atoms with Crippen LogP contribution in [0.1, 0.15) is 72.1 Å². The van der Waals surface area contributed by atoms with Crippen LogP contribution in [0.25, 0.3) is 0 Å². The quantitative estimate of drug-likeness (QED) is 0.123. The van der Waals surface area contributed by atoms with E-state index in [-0.39, 0.29) is 23.7 Å². The molecule has 17 heteroatoms. The second kappa shape index (κ2) is 22.1. The molecule has 2 saturated heterocycles. The predicted molar refractivity (Wildman–Crippen MR) is 240 cm³/mol. The van der Waals surface area contributed by atoms with Crippen LogP contribution in [0, 0.1) is 47.3 Å². The number of nitrogens with one attached hydrogen (secondary N) is 3. The summed E-state index contributed by atoms with van der Waals surface area (Å²) in [7, 11) is 0. The van der Waals surface area contributed by atoms with Crippen LogP contribution in [-0.2, 0) is 38.1 Å². The maximum Gasteiger partial charge on any atom is 0.338 e. The fourth-order valence-electron chi connectivity index (χ4n) is 11.5. The number of hydrogen-bond acceptors (Lipinski definition) is 12. The molecule has 2 heterocycles. The Hall–Kier alpha value is -4.12. The Morgan fingerprint density at radius 3 is 1.31 bits per heavy atom. The molecule has 352 valence electrons. The van der Waals surface area contributed by atoms with E-state index in [2.05, 4.69) is 25.8 Å². The molecule has 2 aliphatic heterocycles. The van der Waals surface area contributed by atoms with Crippen molar-refractivity contribution in [2.75, 3.05) is 78.8 Å². The van der Waals surface area contributed by atoms with Crippen molar-refractivity contribution in [2.45, 2.75) is 63.6 Å². The largest absolute Gasteiger partial charge is 0.458 e. The standard InChI is InChI=1S/C48H61Cl2N5O10/c49-33-9-3-29(4-10-33)47(60)64-37-27-31-7-13-35(37)41(39(31)43(56)51-15-1-17-54-19-23-62-24-20-54)45(58)53-46(59)42-36-14-8-32(28-38(36)65-48(61)30-5-11-34(50)12-6-30)40(42)44(57)52-16-2-18-55-21-25-63-26-22-55/h3-6,9-12,31-32,35-42H,1-2,7-8,13-28H2,(H,51,56)(H,52,57)(H,53,58,59). The number of ether oxygens (including phenoxy) is 4. The third-order valence-electron chi connectivity index (χ3n) is 14.7. The Bertz CT molecular complexity index is 1870. The molecule has 8 fully saturated rings. The summed E-state index contributed by atoms with van der Waals surface area (Å²) < 4.78 is 23.1. The molecule has 3 N–H and O–H groups in total. The number of hydrogen-bond donors (Lipinski definition) is 3. The van der Waals surface area contributed by atoms with E-state index in [1.54, 1.807) is 48.5 Å². The van der Waals surface area contributed by atoms with Crippen LogP contribution in [0.3, 0.4) is 0 Å². The zero-order chi connectivity index (χ0) is 45.5. The minimum atomic E-state index is -0.986. The van der Waals surface area contributed by atoms with E-state index in [4.69, 9.17) is 42.1 Å². The molecule has 4 amide bonds. The number of rotatable bonds is 16. The normalized spacial score (nSPS) is 29.9. The first-order valence-electron chi connectivity index (χ1n) is 23.5. The van der Waals surface area contributed by atoms with Gasteiger partial charge in [0.2, 0.25) is 23.6 Å². The highest BCUT2D eigenvalue weighted by Crippen LogP contribution is 2.52. The van der Waals surface area contributed by atoms with E-state index in [9.17, 15) is 28.8 Å². The highest BCUT2D eigenvalue weighted by Gasteiger charge is 2.58. The summed E-state index contributed by atoms with van der Waals surface area (Å²) in [5.41, 5.74) is 0.622. The Kier molecular flexibility index (Phi) is 16.1. The number of fused-ring (bicyclic) bond motifs is 6. The van der Waals surface area contributed by atoms with Crippen molar-refractivity contribution in [3.8, 4) is 0 Å². The minimum absolute atomic E-state index is 0.267. The minimum Gasteiger partial charge on any atom is -0.458 e. The Morgan fingerprint density at radius 2 is 0.923 bits per heavy atom. The van der Waals surface area contributed by atoms with E-state index in [0.29, 0.717) is 112 Å². The SMILES string of the molecule is O=C(OC1CC2CCC1C(C(=O)NC(=O)C1C3CCC(CC3OC(=O)c3ccc(Cl)cc3)C1C(=O)NCCCN1CCOCC1)C2C(=O)NCCCN1CCOCC1)c1ccc(Cl)cc1. The molecule has 8 aliphatic rings. The summed E-state index contributed by atoms with van der Waals surface area (Å²) in [4.78, 5) is 89.6. The zero-order valence-corrected chi connectivity index (χ0v) is 38.3. The van der Waals surface area contributed by atoms with Gasteiger partial charge in [0.1, 0.15) is 12.2 Å². The van der Waals surface area contributed by atoms with Crippen LogP contribution in [0.15, 0.2) is 48.5 Å². The van der Waals surface area contributed by atoms with Gasteiger partial charge in [0, 0.05) is 61.1 Å². The lowest BCUT2D eigenvalue weighted by Gasteiger charge is -2.51. The fourth-order valence-corrected chi connectivity index (χ4v) is 11.7. The molecule has 10 atom stereocenters. The molecule has 10 unspecified atom stereocenters. The number of carbonyl (C=O) groups excluding carboxylic acids is 6. The van der Waals surface area contributed by atoms with Crippen molar-refractivity contribution in [3.63, 3.8) is 0 Å². The summed E-state index contributed by atoms with van der Waals surface area (Å²) in [5.74, 6) is -8.09. The molecule has 65 heavy (non-hydrogen) atoms. The van der Waals surface area contributed by atoms with Crippen LogP contribution in [0.5, 0.6) is 0 Å². The first-order chi connectivity index (χ1) is 31.5. The maximum atomic E-state index is 14.9. The number of carbonyl (C=O) groups is 6. The van der Waals surface area contributed by atoms with Crippen LogP contribution in [-0.4, -0.2) is 136 Å². The maximum absolute atomic E-state index is 14.9. The molecule has 2 aromatic rings. The lowest BCUT2D eigenvalue weighted by Crippen LogP contribution is -2.61. The zero-order valence-electron chi connectivity index (χ0n) is 36.8. The van der Waals surface area contributed by atoms with Crippen LogP contribution >= 0.6 is 23.2 Å². The van der Waals surface area contributed by atoms with Crippen molar-refractivity contribution in [1.29, 1.82) is 0 Å². The smallest absolute Gasteiger partial charge is 0.338 e. The van der Waals surface area contributed by atoms with Gasteiger partial charge in [-0.05, 0) is 125 Å². The molecule has 0 radical (unpaired) electrons. The number of esters is 2. The highest BCUT2D eigenvalue weighted by atomic mass is 35.5. The lowest BCUT2D eigenvalue weighted by molar-refractivity contribution is -0.162. The van der Waals surface area contributed by atoms with Gasteiger partial charge >= 0.3 is 11.9 Å².